The van der Waals surface area contributed by atoms with Crippen molar-refractivity contribution < 1.29 is 9.59 Å². The van der Waals surface area contributed by atoms with Gasteiger partial charge in [0, 0.05) is 24.6 Å². The quantitative estimate of drug-likeness (QED) is 0.843. The van der Waals surface area contributed by atoms with Gasteiger partial charge in [-0.25, -0.2) is 0 Å². The van der Waals surface area contributed by atoms with Crippen molar-refractivity contribution in [1.82, 2.24) is 10.6 Å². The van der Waals surface area contributed by atoms with Gasteiger partial charge in [-0.2, -0.15) is 0 Å². The molecule has 1 aliphatic carbocycles. The lowest BCUT2D eigenvalue weighted by atomic mass is 9.79. The van der Waals surface area contributed by atoms with Crippen molar-refractivity contribution in [2.45, 2.75) is 25.8 Å². The Bertz CT molecular complexity index is 465. The Morgan fingerprint density at radius 1 is 1.22 bits per heavy atom. The smallest absolute Gasteiger partial charge is 0.251 e. The molecule has 1 saturated carbocycles. The van der Waals surface area contributed by atoms with Gasteiger partial charge in [-0.05, 0) is 31.4 Å². The molecule has 0 aliphatic heterocycles. The van der Waals surface area contributed by atoms with Gasteiger partial charge in [-0.3, -0.25) is 9.59 Å². The summed E-state index contributed by atoms with van der Waals surface area (Å²) < 4.78 is 0. The predicted molar refractivity (Wildman–Crippen MR) is 69.2 cm³/mol. The fourth-order valence-corrected chi connectivity index (χ4v) is 2.24. The van der Waals surface area contributed by atoms with Crippen LogP contribution in [0.3, 0.4) is 0 Å². The van der Waals surface area contributed by atoms with E-state index >= 15 is 0 Å². The highest BCUT2D eigenvalue weighted by Crippen LogP contribution is 2.27. The largest absolute Gasteiger partial charge is 0.359 e. The van der Waals surface area contributed by atoms with E-state index in [0.29, 0.717) is 5.56 Å². The van der Waals surface area contributed by atoms with Crippen molar-refractivity contribution in [3.8, 4) is 0 Å². The molecule has 0 aromatic heterocycles. The van der Waals surface area contributed by atoms with Crippen molar-refractivity contribution in [1.29, 1.82) is 0 Å². The van der Waals surface area contributed by atoms with Gasteiger partial charge in [0.1, 0.15) is 0 Å². The number of rotatable bonds is 3. The summed E-state index contributed by atoms with van der Waals surface area (Å²) in [4.78, 5) is 23.3. The standard InChI is InChI=1S/C14H18N2O2/c1-9-5-3-4-6-12(9)14(18)16-11-7-10(8-11)13(17)15-2/h3-6,10-11H,7-8H2,1-2H3,(H,15,17)(H,16,18). The van der Waals surface area contributed by atoms with Crippen LogP contribution in [-0.4, -0.2) is 24.9 Å². The molecule has 2 rings (SSSR count). The highest BCUT2D eigenvalue weighted by Gasteiger charge is 2.34. The van der Waals surface area contributed by atoms with Crippen molar-refractivity contribution in [3.05, 3.63) is 35.4 Å². The maximum absolute atomic E-state index is 12.0. The average molecular weight is 246 g/mol. The van der Waals surface area contributed by atoms with Crippen molar-refractivity contribution >= 4 is 11.8 Å². The third-order valence-electron chi connectivity index (χ3n) is 3.48. The Morgan fingerprint density at radius 3 is 2.50 bits per heavy atom. The van der Waals surface area contributed by atoms with Gasteiger partial charge in [0.05, 0.1) is 0 Å². The number of nitrogens with one attached hydrogen (secondary N) is 2. The highest BCUT2D eigenvalue weighted by atomic mass is 16.2. The zero-order chi connectivity index (χ0) is 13.1. The molecule has 1 aromatic carbocycles. The number of aryl methyl sites for hydroxylation is 1. The second kappa shape index (κ2) is 5.21. The summed E-state index contributed by atoms with van der Waals surface area (Å²) in [6.45, 7) is 1.92. The summed E-state index contributed by atoms with van der Waals surface area (Å²) in [5, 5.41) is 5.59. The van der Waals surface area contributed by atoms with Crippen LogP contribution in [0, 0.1) is 12.8 Å². The second-order valence-corrected chi connectivity index (χ2v) is 4.77. The van der Waals surface area contributed by atoms with Crippen molar-refractivity contribution in [2.75, 3.05) is 7.05 Å². The van der Waals surface area contributed by atoms with Crippen LogP contribution in [0.15, 0.2) is 24.3 Å². The first kappa shape index (κ1) is 12.6. The Kier molecular flexibility index (Phi) is 3.65. The summed E-state index contributed by atoms with van der Waals surface area (Å²) in [5.41, 5.74) is 1.68. The minimum atomic E-state index is -0.0477. The normalized spacial score (nSPS) is 21.9. The number of carbonyl (C=O) groups is 2. The number of carbonyl (C=O) groups excluding carboxylic acids is 2. The number of hydrogen-bond donors (Lipinski definition) is 2. The second-order valence-electron chi connectivity index (χ2n) is 4.77. The van der Waals surface area contributed by atoms with Crippen LogP contribution in [0.4, 0.5) is 0 Å². The molecule has 0 bridgehead atoms. The van der Waals surface area contributed by atoms with Gasteiger partial charge in [0.2, 0.25) is 5.91 Å². The van der Waals surface area contributed by atoms with Gasteiger partial charge in [0.15, 0.2) is 0 Å². The van der Waals surface area contributed by atoms with E-state index in [1.165, 1.54) is 0 Å². The van der Waals surface area contributed by atoms with E-state index in [9.17, 15) is 9.59 Å². The Balaban J connectivity index is 1.88. The Hall–Kier alpha value is -1.84. The molecule has 18 heavy (non-hydrogen) atoms. The fraction of sp³-hybridized carbons (Fsp3) is 0.429. The van der Waals surface area contributed by atoms with E-state index in [2.05, 4.69) is 10.6 Å². The Labute approximate surface area is 107 Å². The first-order valence-electron chi connectivity index (χ1n) is 6.20. The molecule has 0 heterocycles. The Morgan fingerprint density at radius 2 is 1.89 bits per heavy atom. The first-order valence-corrected chi connectivity index (χ1v) is 6.20. The third-order valence-corrected chi connectivity index (χ3v) is 3.48. The van der Waals surface area contributed by atoms with Crippen LogP contribution in [0.2, 0.25) is 0 Å². The van der Waals surface area contributed by atoms with Crippen molar-refractivity contribution in [3.63, 3.8) is 0 Å². The molecule has 4 heteroatoms. The zero-order valence-electron chi connectivity index (χ0n) is 10.7. The summed E-state index contributed by atoms with van der Waals surface area (Å²) in [7, 11) is 1.64. The van der Waals surface area contributed by atoms with Gasteiger partial charge in [-0.1, -0.05) is 18.2 Å². The van der Waals surface area contributed by atoms with E-state index in [1.54, 1.807) is 7.05 Å². The van der Waals surface area contributed by atoms with Gasteiger partial charge >= 0.3 is 0 Å². The third kappa shape index (κ3) is 2.53. The van der Waals surface area contributed by atoms with E-state index in [0.717, 1.165) is 18.4 Å². The molecule has 0 unspecified atom stereocenters. The molecule has 1 aromatic rings. The van der Waals surface area contributed by atoms with Crippen LogP contribution >= 0.6 is 0 Å². The average Bonchev–Trinajstić information content (AvgIpc) is 2.32. The van der Waals surface area contributed by atoms with Crippen molar-refractivity contribution in [2.24, 2.45) is 5.92 Å². The molecule has 1 aliphatic rings. The maximum Gasteiger partial charge on any atom is 0.251 e. The minimum absolute atomic E-state index is 0.0477. The molecule has 0 radical (unpaired) electrons. The summed E-state index contributed by atoms with van der Waals surface area (Å²) >= 11 is 0. The molecule has 0 spiro atoms. The molecule has 2 amide bonds. The molecule has 0 atom stereocenters. The molecule has 0 saturated heterocycles. The van der Waals surface area contributed by atoms with E-state index < -0.39 is 0 Å². The number of amides is 2. The van der Waals surface area contributed by atoms with Crippen LogP contribution in [0.5, 0.6) is 0 Å². The van der Waals surface area contributed by atoms with Crippen LogP contribution in [0.25, 0.3) is 0 Å². The number of benzene rings is 1. The molecule has 2 N–H and O–H groups in total. The minimum Gasteiger partial charge on any atom is -0.359 e. The summed E-state index contributed by atoms with van der Waals surface area (Å²) in [5.74, 6) is 0.0713. The number of hydrogen-bond acceptors (Lipinski definition) is 2. The maximum atomic E-state index is 12.0. The predicted octanol–water partition coefficient (Wildman–Crippen LogP) is 1.25. The van der Waals surface area contributed by atoms with Gasteiger partial charge < -0.3 is 10.6 Å². The summed E-state index contributed by atoms with van der Waals surface area (Å²) in [6.07, 6.45) is 1.47. The van der Waals surface area contributed by atoms with E-state index in [1.807, 2.05) is 31.2 Å². The van der Waals surface area contributed by atoms with Crippen LogP contribution < -0.4 is 10.6 Å². The monoisotopic (exact) mass is 246 g/mol. The summed E-state index contributed by atoms with van der Waals surface area (Å²) in [6, 6.07) is 7.63. The van der Waals surface area contributed by atoms with Gasteiger partial charge in [-0.15, -0.1) is 0 Å². The van der Waals surface area contributed by atoms with Crippen LogP contribution in [-0.2, 0) is 4.79 Å². The van der Waals surface area contributed by atoms with E-state index in [-0.39, 0.29) is 23.8 Å². The molecule has 4 nitrogen and oxygen atoms in total. The lowest BCUT2D eigenvalue weighted by molar-refractivity contribution is -0.127. The van der Waals surface area contributed by atoms with Gasteiger partial charge in [0.25, 0.3) is 5.91 Å². The molecular formula is C14H18N2O2. The van der Waals surface area contributed by atoms with E-state index in [4.69, 9.17) is 0 Å². The topological polar surface area (TPSA) is 58.2 Å². The lowest BCUT2D eigenvalue weighted by Crippen LogP contribution is -2.49. The molecule has 96 valence electrons. The SMILES string of the molecule is CNC(=O)C1CC(NC(=O)c2ccccc2C)C1. The fourth-order valence-electron chi connectivity index (χ4n) is 2.24. The lowest BCUT2D eigenvalue weighted by Gasteiger charge is -2.34. The zero-order valence-corrected chi connectivity index (χ0v) is 10.7. The highest BCUT2D eigenvalue weighted by molar-refractivity contribution is 5.96. The molecule has 1 fully saturated rings. The molecular weight excluding hydrogens is 228 g/mol. The first-order chi connectivity index (χ1) is 8.61. The van der Waals surface area contributed by atoms with Crippen LogP contribution in [0.1, 0.15) is 28.8 Å².